The average molecular weight is 341 g/mol. The zero-order valence-electron chi connectivity index (χ0n) is 11.9. The summed E-state index contributed by atoms with van der Waals surface area (Å²) in [6.07, 6.45) is 4.77. The Morgan fingerprint density at radius 1 is 1.14 bits per heavy atom. The lowest BCUT2D eigenvalue weighted by Crippen LogP contribution is -2.09. The third-order valence-corrected chi connectivity index (χ3v) is 4.16. The second kappa shape index (κ2) is 6.27. The third kappa shape index (κ3) is 3.08. The Morgan fingerprint density at radius 2 is 2.00 bits per heavy atom. The first-order valence-corrected chi connectivity index (χ1v) is 7.92. The summed E-state index contributed by atoms with van der Waals surface area (Å²) in [6.45, 7) is 2.20. The maximum absolute atomic E-state index is 4.19. The highest BCUT2D eigenvalue weighted by atomic mass is 79.9. The minimum absolute atomic E-state index is 0.293. The molecule has 3 aromatic rings. The molecule has 0 aliphatic carbocycles. The van der Waals surface area contributed by atoms with E-state index >= 15 is 0 Å². The van der Waals surface area contributed by atoms with E-state index in [1.807, 2.05) is 12.4 Å². The Morgan fingerprint density at radius 3 is 2.81 bits per heavy atom. The molecule has 3 heteroatoms. The number of benzene rings is 2. The molecule has 106 valence electrons. The summed E-state index contributed by atoms with van der Waals surface area (Å²) >= 11 is 3.55. The van der Waals surface area contributed by atoms with Crippen molar-refractivity contribution in [1.82, 2.24) is 4.98 Å². The molecule has 1 N–H and O–H groups in total. The van der Waals surface area contributed by atoms with Crippen LogP contribution in [0.2, 0.25) is 0 Å². The lowest BCUT2D eigenvalue weighted by atomic mass is 10.0. The molecule has 0 aliphatic heterocycles. The van der Waals surface area contributed by atoms with Crippen molar-refractivity contribution in [2.24, 2.45) is 0 Å². The van der Waals surface area contributed by atoms with E-state index in [-0.39, 0.29) is 0 Å². The number of nitrogens with zero attached hydrogens (tertiary/aromatic N) is 1. The van der Waals surface area contributed by atoms with Crippen molar-refractivity contribution in [3.05, 3.63) is 71.0 Å². The fourth-order valence-corrected chi connectivity index (χ4v) is 3.00. The van der Waals surface area contributed by atoms with Gasteiger partial charge in [0.1, 0.15) is 0 Å². The number of hydrogen-bond donors (Lipinski definition) is 1. The highest BCUT2D eigenvalue weighted by Gasteiger charge is 2.11. The van der Waals surface area contributed by atoms with Gasteiger partial charge < -0.3 is 5.32 Å². The Kier molecular flexibility index (Phi) is 4.20. The molecular weight excluding hydrogens is 324 g/mol. The van der Waals surface area contributed by atoms with Gasteiger partial charge in [0.15, 0.2) is 0 Å². The van der Waals surface area contributed by atoms with Crippen molar-refractivity contribution in [3.8, 4) is 0 Å². The number of rotatable bonds is 4. The predicted molar refractivity (Wildman–Crippen MR) is 92.5 cm³/mol. The minimum atomic E-state index is 0.293. The summed E-state index contributed by atoms with van der Waals surface area (Å²) in [5.74, 6) is 0. The maximum atomic E-state index is 4.19. The van der Waals surface area contributed by atoms with Gasteiger partial charge in [0.05, 0.1) is 6.04 Å². The first-order chi connectivity index (χ1) is 10.3. The summed E-state index contributed by atoms with van der Waals surface area (Å²) in [6, 6.07) is 17.1. The molecule has 21 heavy (non-hydrogen) atoms. The van der Waals surface area contributed by atoms with Crippen LogP contribution in [0.15, 0.2) is 65.4 Å². The number of hydrogen-bond acceptors (Lipinski definition) is 2. The summed E-state index contributed by atoms with van der Waals surface area (Å²) in [5, 5.41) is 6.03. The fourth-order valence-electron chi connectivity index (χ4n) is 2.58. The molecule has 0 bridgehead atoms. The zero-order chi connectivity index (χ0) is 14.7. The highest BCUT2D eigenvalue weighted by Crippen LogP contribution is 2.29. The van der Waals surface area contributed by atoms with E-state index in [0.29, 0.717) is 6.04 Å². The maximum Gasteiger partial charge on any atom is 0.0511 e. The molecule has 0 spiro atoms. The van der Waals surface area contributed by atoms with Gasteiger partial charge in [-0.05, 0) is 36.2 Å². The topological polar surface area (TPSA) is 24.9 Å². The Labute approximate surface area is 133 Å². The number of anilines is 1. The molecule has 0 amide bonds. The lowest BCUT2D eigenvalue weighted by molar-refractivity contribution is 0.750. The van der Waals surface area contributed by atoms with Crippen molar-refractivity contribution < 1.29 is 0 Å². The molecule has 1 unspecified atom stereocenters. The first kappa shape index (κ1) is 14.1. The molecule has 0 saturated carbocycles. The largest absolute Gasteiger partial charge is 0.378 e. The van der Waals surface area contributed by atoms with Gasteiger partial charge in [0.2, 0.25) is 0 Å². The van der Waals surface area contributed by atoms with E-state index in [1.54, 1.807) is 0 Å². The number of nitrogens with one attached hydrogen (secondary N) is 1. The van der Waals surface area contributed by atoms with E-state index in [2.05, 4.69) is 81.7 Å². The van der Waals surface area contributed by atoms with E-state index in [0.717, 1.165) is 22.0 Å². The highest BCUT2D eigenvalue weighted by molar-refractivity contribution is 9.10. The van der Waals surface area contributed by atoms with E-state index in [1.165, 1.54) is 10.9 Å². The SMILES string of the molecule is CCC(Nc1cccc2cnccc12)c1cccc(Br)c1. The van der Waals surface area contributed by atoms with E-state index < -0.39 is 0 Å². The number of aromatic nitrogens is 1. The summed E-state index contributed by atoms with van der Waals surface area (Å²) in [5.41, 5.74) is 2.44. The molecule has 0 aliphatic rings. The quantitative estimate of drug-likeness (QED) is 0.672. The third-order valence-electron chi connectivity index (χ3n) is 3.67. The first-order valence-electron chi connectivity index (χ1n) is 7.12. The molecule has 3 rings (SSSR count). The van der Waals surface area contributed by atoms with E-state index in [4.69, 9.17) is 0 Å². The van der Waals surface area contributed by atoms with Gasteiger partial charge in [0.25, 0.3) is 0 Å². The monoisotopic (exact) mass is 340 g/mol. The number of pyridine rings is 1. The fraction of sp³-hybridized carbons (Fsp3) is 0.167. The van der Waals surface area contributed by atoms with Crippen molar-refractivity contribution in [1.29, 1.82) is 0 Å². The second-order valence-electron chi connectivity index (χ2n) is 5.06. The van der Waals surface area contributed by atoms with Crippen LogP contribution in [0.1, 0.15) is 24.9 Å². The van der Waals surface area contributed by atoms with Crippen LogP contribution < -0.4 is 5.32 Å². The lowest BCUT2D eigenvalue weighted by Gasteiger charge is -2.20. The Bertz CT molecular complexity index is 750. The molecule has 2 nitrogen and oxygen atoms in total. The molecule has 0 radical (unpaired) electrons. The van der Waals surface area contributed by atoms with Gasteiger partial charge in [-0.1, -0.05) is 47.1 Å². The number of fused-ring (bicyclic) bond motifs is 1. The van der Waals surface area contributed by atoms with Crippen LogP contribution in [0, 0.1) is 0 Å². The molecule has 1 heterocycles. The van der Waals surface area contributed by atoms with Crippen molar-refractivity contribution in [2.45, 2.75) is 19.4 Å². The van der Waals surface area contributed by atoms with Gasteiger partial charge >= 0.3 is 0 Å². The minimum Gasteiger partial charge on any atom is -0.378 e. The van der Waals surface area contributed by atoms with Gasteiger partial charge in [-0.15, -0.1) is 0 Å². The van der Waals surface area contributed by atoms with Crippen molar-refractivity contribution >= 4 is 32.4 Å². The smallest absolute Gasteiger partial charge is 0.0511 e. The predicted octanol–water partition coefficient (Wildman–Crippen LogP) is 5.56. The van der Waals surface area contributed by atoms with Crippen LogP contribution >= 0.6 is 15.9 Å². The molecule has 0 fully saturated rings. The second-order valence-corrected chi connectivity index (χ2v) is 5.98. The van der Waals surface area contributed by atoms with Crippen LogP contribution in [0.5, 0.6) is 0 Å². The standard InChI is InChI=1S/C18H17BrN2/c1-2-17(13-5-3-7-15(19)11-13)21-18-8-4-6-14-12-20-10-9-16(14)18/h3-12,17,21H,2H2,1H3. The van der Waals surface area contributed by atoms with Crippen LogP contribution in [0.4, 0.5) is 5.69 Å². The van der Waals surface area contributed by atoms with Crippen LogP contribution in [0.25, 0.3) is 10.8 Å². The van der Waals surface area contributed by atoms with Crippen LogP contribution in [-0.2, 0) is 0 Å². The molecule has 0 saturated heterocycles. The Balaban J connectivity index is 1.96. The number of halogens is 1. The van der Waals surface area contributed by atoms with Gasteiger partial charge in [0, 0.05) is 33.3 Å². The Hall–Kier alpha value is -1.87. The summed E-state index contributed by atoms with van der Waals surface area (Å²) in [7, 11) is 0. The average Bonchev–Trinajstić information content (AvgIpc) is 2.52. The zero-order valence-corrected chi connectivity index (χ0v) is 13.5. The molecule has 1 atom stereocenters. The van der Waals surface area contributed by atoms with Gasteiger partial charge in [-0.3, -0.25) is 4.98 Å². The summed E-state index contributed by atoms with van der Waals surface area (Å²) in [4.78, 5) is 4.19. The summed E-state index contributed by atoms with van der Waals surface area (Å²) < 4.78 is 1.11. The van der Waals surface area contributed by atoms with Gasteiger partial charge in [-0.2, -0.15) is 0 Å². The van der Waals surface area contributed by atoms with Crippen molar-refractivity contribution in [2.75, 3.05) is 5.32 Å². The van der Waals surface area contributed by atoms with E-state index in [9.17, 15) is 0 Å². The van der Waals surface area contributed by atoms with Crippen LogP contribution in [0.3, 0.4) is 0 Å². The van der Waals surface area contributed by atoms with Crippen LogP contribution in [-0.4, -0.2) is 4.98 Å². The molecular formula is C18H17BrN2. The van der Waals surface area contributed by atoms with Crippen molar-refractivity contribution in [3.63, 3.8) is 0 Å². The van der Waals surface area contributed by atoms with Gasteiger partial charge in [-0.25, -0.2) is 0 Å². The normalized spacial score (nSPS) is 12.3. The molecule has 1 aromatic heterocycles. The molecule has 2 aromatic carbocycles.